The molecule has 0 fully saturated rings. The van der Waals surface area contributed by atoms with Crippen LogP contribution in [-0.4, -0.2) is 33.6 Å². The molecule has 0 amide bonds. The molecule has 0 N–H and O–H groups in total. The summed E-state index contributed by atoms with van der Waals surface area (Å²) in [5, 5.41) is 15.2. The van der Waals surface area contributed by atoms with E-state index in [1.54, 1.807) is 24.3 Å². The van der Waals surface area contributed by atoms with Crippen LogP contribution in [0, 0.1) is 10.1 Å². The maximum Gasteiger partial charge on any atom is 0.320 e. The van der Waals surface area contributed by atoms with Gasteiger partial charge in [0, 0.05) is 17.7 Å². The third-order valence-corrected chi connectivity index (χ3v) is 3.70. The number of ether oxygens (including phenoxy) is 3. The molecular weight excluding hydrogens is 328 g/mol. The summed E-state index contributed by atoms with van der Waals surface area (Å²) in [5.74, 6) is 1.74. The number of hydrogen-bond acceptors (Lipinski definition) is 7. The Bertz CT molecular complexity index is 952. The number of methoxy groups -OCH3 is 1. The van der Waals surface area contributed by atoms with Gasteiger partial charge in [-0.2, -0.15) is 9.67 Å². The number of fused-ring (bicyclic) bond motifs is 1. The minimum Gasteiger partial charge on any atom is -0.467 e. The van der Waals surface area contributed by atoms with Crippen molar-refractivity contribution in [2.75, 3.05) is 13.9 Å². The van der Waals surface area contributed by atoms with E-state index in [0.717, 1.165) is 5.56 Å². The van der Waals surface area contributed by atoms with Crippen molar-refractivity contribution >= 4 is 5.69 Å². The van der Waals surface area contributed by atoms with Crippen LogP contribution < -0.4 is 14.2 Å². The molecule has 2 heterocycles. The summed E-state index contributed by atoms with van der Waals surface area (Å²) in [6.45, 7) is 0.187. The number of benzene rings is 2. The first-order chi connectivity index (χ1) is 12.2. The van der Waals surface area contributed by atoms with Crippen molar-refractivity contribution in [1.82, 2.24) is 14.8 Å². The van der Waals surface area contributed by atoms with E-state index in [1.165, 1.54) is 23.9 Å². The second-order valence-corrected chi connectivity index (χ2v) is 5.18. The highest BCUT2D eigenvalue weighted by atomic mass is 16.7. The zero-order chi connectivity index (χ0) is 17.4. The Morgan fingerprint density at radius 1 is 1.16 bits per heavy atom. The van der Waals surface area contributed by atoms with Crippen LogP contribution in [0.5, 0.6) is 17.5 Å². The van der Waals surface area contributed by atoms with Gasteiger partial charge in [-0.15, -0.1) is 5.10 Å². The number of hydrogen-bond donors (Lipinski definition) is 0. The first kappa shape index (κ1) is 14.9. The number of aromatic nitrogens is 3. The second kappa shape index (κ2) is 5.78. The van der Waals surface area contributed by atoms with Crippen molar-refractivity contribution in [3.8, 4) is 34.6 Å². The normalized spacial score (nSPS) is 12.2. The molecule has 1 aliphatic heterocycles. The Hall–Kier alpha value is -3.62. The van der Waals surface area contributed by atoms with Crippen LogP contribution in [0.15, 0.2) is 42.5 Å². The van der Waals surface area contributed by atoms with Gasteiger partial charge in [-0.05, 0) is 30.3 Å². The molecule has 3 aromatic rings. The van der Waals surface area contributed by atoms with Crippen LogP contribution in [-0.2, 0) is 0 Å². The quantitative estimate of drug-likeness (QED) is 0.531. The Morgan fingerprint density at radius 3 is 2.64 bits per heavy atom. The minimum absolute atomic E-state index is 0.00109. The van der Waals surface area contributed by atoms with Gasteiger partial charge in [-0.1, -0.05) is 0 Å². The molecule has 0 saturated carbocycles. The van der Waals surface area contributed by atoms with Crippen LogP contribution in [0.2, 0.25) is 0 Å². The molecular formula is C16H12N4O5. The van der Waals surface area contributed by atoms with Crippen LogP contribution in [0.1, 0.15) is 0 Å². The van der Waals surface area contributed by atoms with Crippen molar-refractivity contribution < 1.29 is 19.1 Å². The van der Waals surface area contributed by atoms with Gasteiger partial charge < -0.3 is 14.2 Å². The molecule has 1 aromatic heterocycles. The van der Waals surface area contributed by atoms with E-state index in [-0.39, 0.29) is 18.5 Å². The summed E-state index contributed by atoms with van der Waals surface area (Å²) in [5.41, 5.74) is 1.34. The SMILES string of the molecule is COc1nc(-c2ccc3c(c2)OCO3)nn1-c1ccc([N+](=O)[O-])cc1. The fraction of sp³-hybridized carbons (Fsp3) is 0.125. The second-order valence-electron chi connectivity index (χ2n) is 5.18. The van der Waals surface area contributed by atoms with E-state index in [0.29, 0.717) is 23.0 Å². The van der Waals surface area contributed by atoms with E-state index in [9.17, 15) is 10.1 Å². The molecule has 9 nitrogen and oxygen atoms in total. The molecule has 0 saturated heterocycles. The van der Waals surface area contributed by atoms with Crippen molar-refractivity contribution in [1.29, 1.82) is 0 Å². The molecule has 0 spiro atoms. The van der Waals surface area contributed by atoms with E-state index >= 15 is 0 Å². The van der Waals surface area contributed by atoms with Gasteiger partial charge in [0.2, 0.25) is 6.79 Å². The molecule has 9 heteroatoms. The fourth-order valence-corrected chi connectivity index (χ4v) is 2.47. The van der Waals surface area contributed by atoms with Gasteiger partial charge in [-0.3, -0.25) is 10.1 Å². The molecule has 0 unspecified atom stereocenters. The molecule has 126 valence electrons. The maximum atomic E-state index is 10.8. The Balaban J connectivity index is 1.73. The Morgan fingerprint density at radius 2 is 1.92 bits per heavy atom. The number of nitrogens with zero attached hydrogens (tertiary/aromatic N) is 4. The topological polar surface area (TPSA) is 102 Å². The molecule has 25 heavy (non-hydrogen) atoms. The van der Waals surface area contributed by atoms with Gasteiger partial charge in [0.05, 0.1) is 17.7 Å². The molecule has 0 aliphatic carbocycles. The Kier molecular flexibility index (Phi) is 3.46. The zero-order valence-electron chi connectivity index (χ0n) is 13.1. The van der Waals surface area contributed by atoms with Gasteiger partial charge in [0.25, 0.3) is 5.69 Å². The average molecular weight is 340 g/mol. The maximum absolute atomic E-state index is 10.8. The van der Waals surface area contributed by atoms with E-state index in [2.05, 4.69) is 10.1 Å². The van der Waals surface area contributed by atoms with Gasteiger partial charge in [-0.25, -0.2) is 0 Å². The van der Waals surface area contributed by atoms with E-state index < -0.39 is 4.92 Å². The smallest absolute Gasteiger partial charge is 0.320 e. The average Bonchev–Trinajstić information content (AvgIpc) is 3.27. The molecule has 0 bridgehead atoms. The fourth-order valence-electron chi connectivity index (χ4n) is 2.47. The monoisotopic (exact) mass is 340 g/mol. The number of nitro groups is 1. The molecule has 0 radical (unpaired) electrons. The summed E-state index contributed by atoms with van der Waals surface area (Å²) >= 11 is 0. The van der Waals surface area contributed by atoms with Crippen molar-refractivity contribution in [3.05, 3.63) is 52.6 Å². The molecule has 2 aromatic carbocycles. The molecule has 1 aliphatic rings. The van der Waals surface area contributed by atoms with E-state index in [4.69, 9.17) is 14.2 Å². The highest BCUT2D eigenvalue weighted by molar-refractivity contribution is 5.62. The van der Waals surface area contributed by atoms with Crippen LogP contribution in [0.3, 0.4) is 0 Å². The largest absolute Gasteiger partial charge is 0.467 e. The van der Waals surface area contributed by atoms with Crippen LogP contribution in [0.25, 0.3) is 17.1 Å². The molecule has 4 rings (SSSR count). The first-order valence-corrected chi connectivity index (χ1v) is 7.31. The lowest BCUT2D eigenvalue weighted by Gasteiger charge is -2.03. The molecule has 0 atom stereocenters. The van der Waals surface area contributed by atoms with Crippen molar-refractivity contribution in [3.63, 3.8) is 0 Å². The lowest BCUT2D eigenvalue weighted by atomic mass is 10.2. The highest BCUT2D eigenvalue weighted by Gasteiger charge is 2.18. The summed E-state index contributed by atoms with van der Waals surface area (Å²) in [7, 11) is 1.48. The summed E-state index contributed by atoms with van der Waals surface area (Å²) in [4.78, 5) is 14.7. The first-order valence-electron chi connectivity index (χ1n) is 7.31. The predicted molar refractivity (Wildman–Crippen MR) is 86.1 cm³/mol. The van der Waals surface area contributed by atoms with Crippen molar-refractivity contribution in [2.24, 2.45) is 0 Å². The predicted octanol–water partition coefficient (Wildman–Crippen LogP) is 2.58. The van der Waals surface area contributed by atoms with E-state index in [1.807, 2.05) is 6.07 Å². The Labute approximate surface area is 141 Å². The number of nitro benzene ring substituents is 1. The van der Waals surface area contributed by atoms with Gasteiger partial charge in [0.15, 0.2) is 17.3 Å². The van der Waals surface area contributed by atoms with Crippen LogP contribution >= 0.6 is 0 Å². The minimum atomic E-state index is -0.458. The van der Waals surface area contributed by atoms with Crippen molar-refractivity contribution in [2.45, 2.75) is 0 Å². The number of non-ortho nitro benzene ring substituents is 1. The summed E-state index contributed by atoms with van der Waals surface area (Å²) < 4.78 is 17.4. The third-order valence-electron chi connectivity index (χ3n) is 3.70. The summed E-state index contributed by atoms with van der Waals surface area (Å²) in [6.07, 6.45) is 0. The lowest BCUT2D eigenvalue weighted by Crippen LogP contribution is -2.00. The summed E-state index contributed by atoms with van der Waals surface area (Å²) in [6, 6.07) is 11.6. The van der Waals surface area contributed by atoms with Crippen LogP contribution in [0.4, 0.5) is 5.69 Å². The lowest BCUT2D eigenvalue weighted by molar-refractivity contribution is -0.384. The van der Waals surface area contributed by atoms with Gasteiger partial charge >= 0.3 is 6.01 Å². The zero-order valence-corrected chi connectivity index (χ0v) is 13.1. The standard InChI is InChI=1S/C16H12N4O5/c1-23-16-17-15(10-2-7-13-14(8-10)25-9-24-13)18-19(16)11-3-5-12(6-4-11)20(21)22/h2-8H,9H2,1H3. The van der Waals surface area contributed by atoms with Gasteiger partial charge in [0.1, 0.15) is 0 Å². The third kappa shape index (κ3) is 2.61. The highest BCUT2D eigenvalue weighted by Crippen LogP contribution is 2.35. The number of rotatable bonds is 4.